The molecule has 2 N–H and O–H groups in total. The fraction of sp³-hybridized carbons (Fsp3) is 0.241. The maximum atomic E-state index is 14.5. The topological polar surface area (TPSA) is 97.3 Å². The van der Waals surface area contributed by atoms with Crippen molar-refractivity contribution in [1.29, 1.82) is 0 Å². The Hall–Kier alpha value is -4.50. The van der Waals surface area contributed by atoms with Gasteiger partial charge in [0.1, 0.15) is 0 Å². The van der Waals surface area contributed by atoms with Crippen molar-refractivity contribution < 1.29 is 14.4 Å². The first kappa shape index (κ1) is 26.6. The summed E-state index contributed by atoms with van der Waals surface area (Å²) in [5, 5.41) is 15.2. The number of nitrogens with zero attached hydrogens (tertiary/aromatic N) is 4. The van der Waals surface area contributed by atoms with Gasteiger partial charge in [-0.05, 0) is 43.3 Å². The van der Waals surface area contributed by atoms with Crippen LogP contribution in [0.3, 0.4) is 0 Å². The number of hydrogen-bond acceptors (Lipinski definition) is 6. The summed E-state index contributed by atoms with van der Waals surface area (Å²) in [6.07, 6.45) is 0. The van der Waals surface area contributed by atoms with Crippen LogP contribution in [0.2, 0.25) is 0 Å². The summed E-state index contributed by atoms with van der Waals surface area (Å²) >= 11 is 0. The number of nitrogens with one attached hydrogen (secondary N) is 2. The number of carbonyl (C=O) groups is 3. The van der Waals surface area contributed by atoms with Crippen LogP contribution in [-0.4, -0.2) is 47.3 Å². The number of anilines is 2. The number of hydrazone groups is 1. The molecule has 38 heavy (non-hydrogen) atoms. The molecule has 1 heterocycles. The first-order chi connectivity index (χ1) is 18.3. The Balaban J connectivity index is 1.93. The molecule has 9 nitrogen and oxygen atoms in total. The van der Waals surface area contributed by atoms with Gasteiger partial charge in [0.2, 0.25) is 5.91 Å². The normalized spacial score (nSPS) is 16.8. The number of hydrazine groups is 1. The second-order valence-corrected chi connectivity index (χ2v) is 8.90. The summed E-state index contributed by atoms with van der Waals surface area (Å²) in [6.45, 7) is 8.22. The lowest BCUT2D eigenvalue weighted by Crippen LogP contribution is -2.75. The first-order valence-electron chi connectivity index (χ1n) is 12.6. The molecule has 0 aromatic heterocycles. The maximum absolute atomic E-state index is 14.5. The van der Waals surface area contributed by atoms with E-state index in [9.17, 15) is 14.4 Å². The molecule has 0 bridgehead atoms. The third-order valence-electron chi connectivity index (χ3n) is 6.28. The van der Waals surface area contributed by atoms with Crippen LogP contribution >= 0.6 is 0 Å². The van der Waals surface area contributed by atoms with E-state index in [1.54, 1.807) is 41.4 Å². The number of amidine groups is 1. The van der Waals surface area contributed by atoms with Crippen molar-refractivity contribution in [3.63, 3.8) is 0 Å². The predicted octanol–water partition coefficient (Wildman–Crippen LogP) is 3.68. The van der Waals surface area contributed by atoms with E-state index in [0.29, 0.717) is 30.0 Å². The van der Waals surface area contributed by atoms with E-state index < -0.39 is 23.4 Å². The van der Waals surface area contributed by atoms with Crippen molar-refractivity contribution >= 4 is 34.9 Å². The largest absolute Gasteiger partial charge is 0.318 e. The van der Waals surface area contributed by atoms with Crippen LogP contribution in [0.25, 0.3) is 0 Å². The number of benzene rings is 3. The van der Waals surface area contributed by atoms with Crippen molar-refractivity contribution in [3.05, 3.63) is 96.1 Å². The number of amides is 3. The standard InChI is InChI=1S/C29H32N6O3/c1-5-33(6-2)35(25-15-11-8-12-16-25)29(31-22(4)36)27(30-26(37)23-19-17-21(3)18-20-23)32-34(28(29)38)24-13-9-7-10-14-24/h7-20H,5-6H2,1-4H3,(H,31,36)(H,30,32,37). The van der Waals surface area contributed by atoms with Crippen LogP contribution in [0.1, 0.15) is 36.7 Å². The van der Waals surface area contributed by atoms with Crippen molar-refractivity contribution in [3.8, 4) is 0 Å². The molecule has 0 radical (unpaired) electrons. The van der Waals surface area contributed by atoms with Gasteiger partial charge < -0.3 is 10.6 Å². The van der Waals surface area contributed by atoms with Crippen molar-refractivity contribution in [2.75, 3.05) is 23.1 Å². The summed E-state index contributed by atoms with van der Waals surface area (Å²) in [7, 11) is 0. The minimum absolute atomic E-state index is 0.0112. The SMILES string of the molecule is CCN(CC)N(c1ccccc1)C1(NC(C)=O)C(=O)N(c2ccccc2)N=C1NC(=O)c1ccc(C)cc1. The van der Waals surface area contributed by atoms with E-state index in [4.69, 9.17) is 0 Å². The fourth-order valence-corrected chi connectivity index (χ4v) is 4.47. The van der Waals surface area contributed by atoms with E-state index in [0.717, 1.165) is 5.56 Å². The number of para-hydroxylation sites is 2. The highest BCUT2D eigenvalue weighted by atomic mass is 16.2. The molecule has 0 fully saturated rings. The lowest BCUT2D eigenvalue weighted by atomic mass is 10.0. The van der Waals surface area contributed by atoms with E-state index in [-0.39, 0.29) is 5.84 Å². The van der Waals surface area contributed by atoms with E-state index in [1.807, 2.05) is 74.3 Å². The number of hydrogen-bond donors (Lipinski definition) is 2. The molecule has 0 saturated heterocycles. The van der Waals surface area contributed by atoms with Crippen molar-refractivity contribution in [2.24, 2.45) is 5.10 Å². The number of aryl methyl sites for hydroxylation is 1. The van der Waals surface area contributed by atoms with Gasteiger partial charge in [0.05, 0.1) is 11.4 Å². The fourth-order valence-electron chi connectivity index (χ4n) is 4.47. The van der Waals surface area contributed by atoms with Gasteiger partial charge >= 0.3 is 5.91 Å². The first-order valence-corrected chi connectivity index (χ1v) is 12.6. The zero-order chi connectivity index (χ0) is 27.3. The minimum Gasteiger partial charge on any atom is -0.318 e. The molecular formula is C29H32N6O3. The van der Waals surface area contributed by atoms with Crippen LogP contribution in [0.5, 0.6) is 0 Å². The Kier molecular flexibility index (Phi) is 7.87. The lowest BCUT2D eigenvalue weighted by Gasteiger charge is -2.46. The maximum Gasteiger partial charge on any atom is 0.303 e. The minimum atomic E-state index is -1.87. The van der Waals surface area contributed by atoms with Gasteiger partial charge in [-0.1, -0.05) is 67.9 Å². The lowest BCUT2D eigenvalue weighted by molar-refractivity contribution is -0.129. The summed E-state index contributed by atoms with van der Waals surface area (Å²) in [5.74, 6) is -1.45. The molecular weight excluding hydrogens is 480 g/mol. The van der Waals surface area contributed by atoms with Crippen LogP contribution < -0.4 is 20.7 Å². The average molecular weight is 513 g/mol. The van der Waals surface area contributed by atoms with Crippen molar-refractivity contribution in [2.45, 2.75) is 33.4 Å². The van der Waals surface area contributed by atoms with Crippen LogP contribution in [0.4, 0.5) is 11.4 Å². The highest BCUT2D eigenvalue weighted by Gasteiger charge is 2.59. The van der Waals surface area contributed by atoms with Gasteiger partial charge in [-0.3, -0.25) is 19.4 Å². The number of rotatable bonds is 8. The molecule has 3 aromatic rings. The zero-order valence-corrected chi connectivity index (χ0v) is 22.0. The Morgan fingerprint density at radius 3 is 2.03 bits per heavy atom. The Morgan fingerprint density at radius 2 is 1.47 bits per heavy atom. The Bertz CT molecular complexity index is 1320. The Labute approximate surface area is 222 Å². The Morgan fingerprint density at radius 1 is 0.895 bits per heavy atom. The van der Waals surface area contributed by atoms with Gasteiger partial charge in [-0.2, -0.15) is 5.01 Å². The molecule has 3 amide bonds. The quantitative estimate of drug-likeness (QED) is 0.355. The molecule has 1 aliphatic heterocycles. The molecule has 0 saturated carbocycles. The summed E-state index contributed by atoms with van der Waals surface area (Å²) in [5.41, 5.74) is 0.684. The highest BCUT2D eigenvalue weighted by Crippen LogP contribution is 2.34. The molecule has 0 spiro atoms. The van der Waals surface area contributed by atoms with E-state index in [2.05, 4.69) is 15.7 Å². The molecule has 4 rings (SSSR count). The monoisotopic (exact) mass is 512 g/mol. The second kappa shape index (κ2) is 11.3. The van der Waals surface area contributed by atoms with Gasteiger partial charge in [0.25, 0.3) is 11.6 Å². The smallest absolute Gasteiger partial charge is 0.303 e. The van der Waals surface area contributed by atoms with Gasteiger partial charge in [0, 0.05) is 25.6 Å². The molecule has 1 atom stereocenters. The molecule has 1 aliphatic rings. The molecule has 1 unspecified atom stereocenters. The summed E-state index contributed by atoms with van der Waals surface area (Å²) in [4.78, 5) is 40.7. The average Bonchev–Trinajstić information content (AvgIpc) is 3.19. The van der Waals surface area contributed by atoms with E-state index in [1.165, 1.54) is 11.9 Å². The zero-order valence-electron chi connectivity index (χ0n) is 22.0. The molecule has 9 heteroatoms. The summed E-state index contributed by atoms with van der Waals surface area (Å²) in [6, 6.07) is 25.3. The van der Waals surface area contributed by atoms with Crippen LogP contribution in [0.15, 0.2) is 90.0 Å². The van der Waals surface area contributed by atoms with E-state index >= 15 is 0 Å². The molecule has 0 aliphatic carbocycles. The summed E-state index contributed by atoms with van der Waals surface area (Å²) < 4.78 is 0. The van der Waals surface area contributed by atoms with Crippen LogP contribution in [-0.2, 0) is 9.59 Å². The van der Waals surface area contributed by atoms with Crippen LogP contribution in [0, 0.1) is 6.92 Å². The third-order valence-corrected chi connectivity index (χ3v) is 6.28. The molecule has 3 aromatic carbocycles. The highest BCUT2D eigenvalue weighted by molar-refractivity contribution is 6.28. The van der Waals surface area contributed by atoms with Crippen molar-refractivity contribution in [1.82, 2.24) is 15.6 Å². The number of carbonyl (C=O) groups excluding carboxylic acids is 3. The van der Waals surface area contributed by atoms with Gasteiger partial charge in [-0.25, -0.2) is 5.01 Å². The van der Waals surface area contributed by atoms with Gasteiger partial charge in [-0.15, -0.1) is 5.10 Å². The van der Waals surface area contributed by atoms with Gasteiger partial charge in [0.15, 0.2) is 5.84 Å². The second-order valence-electron chi connectivity index (χ2n) is 8.90. The molecule has 196 valence electrons. The predicted molar refractivity (Wildman–Crippen MR) is 148 cm³/mol. The third kappa shape index (κ3) is 5.01.